The van der Waals surface area contributed by atoms with Gasteiger partial charge in [0, 0.05) is 5.92 Å². The minimum Gasteiger partial charge on any atom is -0.241 e. The molecule has 1 fully saturated rings. The van der Waals surface area contributed by atoms with E-state index in [0.717, 1.165) is 49.0 Å². The van der Waals surface area contributed by atoms with Gasteiger partial charge in [0.25, 0.3) is 15.8 Å². The van der Waals surface area contributed by atoms with Crippen LogP contribution in [0.15, 0.2) is 23.4 Å². The van der Waals surface area contributed by atoms with Gasteiger partial charge < -0.3 is 0 Å². The maximum Gasteiger partial charge on any atom is 0.453 e. The third-order valence-corrected chi connectivity index (χ3v) is 4.94. The SMILES string of the molecule is NS(=O)(=O)c1ccc(-n2nc(C(F)(F)F)nc2C2CCCCC2)cn1. The minimum absolute atomic E-state index is 0.129. The quantitative estimate of drug-likeness (QED) is 0.887. The van der Waals surface area contributed by atoms with Gasteiger partial charge in [0.1, 0.15) is 5.82 Å². The number of rotatable bonds is 3. The van der Waals surface area contributed by atoms with Crippen LogP contribution in [0.5, 0.6) is 0 Å². The maximum absolute atomic E-state index is 13.0. The lowest BCUT2D eigenvalue weighted by Gasteiger charge is -2.21. The second-order valence-corrected chi connectivity index (χ2v) is 7.45. The Labute approximate surface area is 142 Å². The number of alkyl halides is 3. The van der Waals surface area contributed by atoms with Crippen molar-refractivity contribution >= 4 is 10.0 Å². The summed E-state index contributed by atoms with van der Waals surface area (Å²) in [5, 5.41) is 8.19. The van der Waals surface area contributed by atoms with Crippen LogP contribution in [-0.2, 0) is 16.2 Å². The molecule has 0 atom stereocenters. The number of nitrogens with zero attached hydrogens (tertiary/aromatic N) is 4. The first-order chi connectivity index (χ1) is 11.7. The molecule has 0 spiro atoms. The number of primary sulfonamides is 1. The molecule has 0 bridgehead atoms. The Bertz CT molecular complexity index is 856. The van der Waals surface area contributed by atoms with Gasteiger partial charge >= 0.3 is 6.18 Å². The fourth-order valence-corrected chi connectivity index (χ4v) is 3.38. The van der Waals surface area contributed by atoms with E-state index in [2.05, 4.69) is 15.1 Å². The summed E-state index contributed by atoms with van der Waals surface area (Å²) in [6.45, 7) is 0. The van der Waals surface area contributed by atoms with Gasteiger partial charge in [-0.15, -0.1) is 5.10 Å². The number of nitrogens with two attached hydrogens (primary N) is 1. The molecule has 0 aliphatic heterocycles. The first kappa shape index (κ1) is 17.8. The lowest BCUT2D eigenvalue weighted by Crippen LogP contribution is -2.15. The zero-order valence-electron chi connectivity index (χ0n) is 13.1. The second kappa shape index (κ2) is 6.37. The Morgan fingerprint density at radius 1 is 1.16 bits per heavy atom. The van der Waals surface area contributed by atoms with E-state index < -0.39 is 22.0 Å². The molecule has 0 radical (unpaired) electrons. The predicted molar refractivity (Wildman–Crippen MR) is 81.4 cm³/mol. The van der Waals surface area contributed by atoms with Gasteiger partial charge in [0.05, 0.1) is 11.9 Å². The molecule has 7 nitrogen and oxygen atoms in total. The Hall–Kier alpha value is -2.01. The summed E-state index contributed by atoms with van der Waals surface area (Å²) in [5.41, 5.74) is 0.205. The van der Waals surface area contributed by atoms with Crippen LogP contribution in [0, 0.1) is 0 Å². The van der Waals surface area contributed by atoms with E-state index in [1.165, 1.54) is 6.07 Å². The van der Waals surface area contributed by atoms with Crippen LogP contribution in [0.1, 0.15) is 49.7 Å². The zero-order chi connectivity index (χ0) is 18.2. The molecule has 136 valence electrons. The first-order valence-corrected chi connectivity index (χ1v) is 9.24. The third-order valence-electron chi connectivity index (χ3n) is 4.11. The Morgan fingerprint density at radius 2 is 1.84 bits per heavy atom. The molecule has 2 N–H and O–H groups in total. The van der Waals surface area contributed by atoms with Crippen molar-refractivity contribution in [2.75, 3.05) is 0 Å². The van der Waals surface area contributed by atoms with E-state index in [4.69, 9.17) is 5.14 Å². The summed E-state index contributed by atoms with van der Waals surface area (Å²) in [6, 6.07) is 2.44. The smallest absolute Gasteiger partial charge is 0.241 e. The van der Waals surface area contributed by atoms with Crippen molar-refractivity contribution in [3.63, 3.8) is 0 Å². The molecule has 3 rings (SSSR count). The summed E-state index contributed by atoms with van der Waals surface area (Å²) in [6.07, 6.45) is 0.811. The van der Waals surface area contributed by atoms with Gasteiger partial charge in [0.2, 0.25) is 0 Å². The Morgan fingerprint density at radius 3 is 2.36 bits per heavy atom. The molecule has 2 aromatic heterocycles. The largest absolute Gasteiger partial charge is 0.453 e. The van der Waals surface area contributed by atoms with Crippen molar-refractivity contribution < 1.29 is 21.6 Å². The molecule has 11 heteroatoms. The highest BCUT2D eigenvalue weighted by molar-refractivity contribution is 7.89. The van der Waals surface area contributed by atoms with E-state index in [-0.39, 0.29) is 22.5 Å². The van der Waals surface area contributed by atoms with E-state index in [0.29, 0.717) is 0 Å². The molecule has 0 saturated heterocycles. The molecule has 1 saturated carbocycles. The van der Waals surface area contributed by atoms with Crippen molar-refractivity contribution in [3.8, 4) is 5.69 Å². The molecule has 0 unspecified atom stereocenters. The average Bonchev–Trinajstić information content (AvgIpc) is 3.00. The molecular formula is C14H16F3N5O2S. The van der Waals surface area contributed by atoms with Crippen LogP contribution in [0.3, 0.4) is 0 Å². The van der Waals surface area contributed by atoms with Crippen LogP contribution < -0.4 is 5.14 Å². The monoisotopic (exact) mass is 375 g/mol. The first-order valence-electron chi connectivity index (χ1n) is 7.69. The summed E-state index contributed by atoms with van der Waals surface area (Å²) in [4.78, 5) is 7.41. The van der Waals surface area contributed by atoms with Crippen molar-refractivity contribution in [2.24, 2.45) is 5.14 Å². The van der Waals surface area contributed by atoms with Gasteiger partial charge in [-0.05, 0) is 25.0 Å². The van der Waals surface area contributed by atoms with Crippen LogP contribution in [0.4, 0.5) is 13.2 Å². The summed E-state index contributed by atoms with van der Waals surface area (Å²) in [7, 11) is -3.99. The summed E-state index contributed by atoms with van der Waals surface area (Å²) < 4.78 is 62.7. The van der Waals surface area contributed by atoms with Crippen molar-refractivity contribution in [3.05, 3.63) is 30.0 Å². The zero-order valence-corrected chi connectivity index (χ0v) is 13.9. The lowest BCUT2D eigenvalue weighted by atomic mass is 9.88. The normalized spacial score (nSPS) is 17.0. The number of aromatic nitrogens is 4. The van der Waals surface area contributed by atoms with Crippen LogP contribution >= 0.6 is 0 Å². The minimum atomic E-state index is -4.66. The Balaban J connectivity index is 2.05. The predicted octanol–water partition coefficient (Wildman–Crippen LogP) is 2.38. The second-order valence-electron chi connectivity index (χ2n) is 5.94. The van der Waals surface area contributed by atoms with E-state index in [1.807, 2.05) is 0 Å². The lowest BCUT2D eigenvalue weighted by molar-refractivity contribution is -0.144. The molecule has 0 amide bonds. The molecule has 0 aromatic carbocycles. The standard InChI is InChI=1S/C14H16F3N5O2S/c15-14(16,17)13-20-12(9-4-2-1-3-5-9)22(21-13)10-6-7-11(19-8-10)25(18,23)24/h6-9H,1-5H2,(H2,18,23,24). The average molecular weight is 375 g/mol. The molecule has 25 heavy (non-hydrogen) atoms. The fraction of sp³-hybridized carbons (Fsp3) is 0.500. The van der Waals surface area contributed by atoms with Crippen LogP contribution in [0.25, 0.3) is 5.69 Å². The van der Waals surface area contributed by atoms with Gasteiger partial charge in [-0.2, -0.15) is 13.2 Å². The number of hydrogen-bond donors (Lipinski definition) is 1. The maximum atomic E-state index is 13.0. The highest BCUT2D eigenvalue weighted by atomic mass is 32.2. The molecule has 1 aliphatic rings. The summed E-state index contributed by atoms with van der Waals surface area (Å²) in [5.74, 6) is -1.13. The van der Waals surface area contributed by atoms with E-state index in [1.54, 1.807) is 0 Å². The molecule has 1 aliphatic carbocycles. The van der Waals surface area contributed by atoms with E-state index in [9.17, 15) is 21.6 Å². The van der Waals surface area contributed by atoms with Crippen LogP contribution in [0.2, 0.25) is 0 Å². The number of pyridine rings is 1. The highest BCUT2D eigenvalue weighted by Crippen LogP contribution is 2.35. The molecular weight excluding hydrogens is 359 g/mol. The third kappa shape index (κ3) is 3.82. The number of sulfonamides is 1. The Kier molecular flexibility index (Phi) is 4.54. The van der Waals surface area contributed by atoms with Gasteiger partial charge in [-0.1, -0.05) is 19.3 Å². The molecule has 2 aromatic rings. The van der Waals surface area contributed by atoms with Gasteiger partial charge in [0.15, 0.2) is 5.03 Å². The van der Waals surface area contributed by atoms with E-state index >= 15 is 0 Å². The number of halogens is 3. The number of hydrogen-bond acceptors (Lipinski definition) is 5. The highest BCUT2D eigenvalue weighted by Gasteiger charge is 2.38. The molecule has 2 heterocycles. The van der Waals surface area contributed by atoms with Gasteiger partial charge in [-0.3, -0.25) is 0 Å². The topological polar surface area (TPSA) is 104 Å². The van der Waals surface area contributed by atoms with Crippen molar-refractivity contribution in [2.45, 2.75) is 49.2 Å². The summed E-state index contributed by atoms with van der Waals surface area (Å²) >= 11 is 0. The van der Waals surface area contributed by atoms with Gasteiger partial charge in [-0.25, -0.2) is 28.2 Å². The van der Waals surface area contributed by atoms with Crippen molar-refractivity contribution in [1.82, 2.24) is 19.7 Å². The van der Waals surface area contributed by atoms with Crippen molar-refractivity contribution in [1.29, 1.82) is 0 Å². The van der Waals surface area contributed by atoms with Crippen LogP contribution in [-0.4, -0.2) is 28.2 Å². The fourth-order valence-electron chi connectivity index (χ4n) is 2.93.